The Morgan fingerprint density at radius 3 is 2.34 bits per heavy atom. The molecule has 1 atom stereocenters. The number of anilines is 2. The van der Waals surface area contributed by atoms with Gasteiger partial charge < -0.3 is 16.0 Å². The number of halogens is 1. The van der Waals surface area contributed by atoms with Gasteiger partial charge in [-0.3, -0.25) is 9.59 Å². The van der Waals surface area contributed by atoms with Gasteiger partial charge in [0, 0.05) is 20.5 Å². The molecule has 0 radical (unpaired) electrons. The van der Waals surface area contributed by atoms with Crippen LogP contribution in [0.1, 0.15) is 28.9 Å². The highest BCUT2D eigenvalue weighted by Crippen LogP contribution is 2.15. The van der Waals surface area contributed by atoms with Crippen molar-refractivity contribution in [1.82, 2.24) is 5.32 Å². The Balaban J connectivity index is 1.55. The molecule has 0 aliphatic carbocycles. The van der Waals surface area contributed by atoms with Crippen molar-refractivity contribution >= 4 is 45.8 Å². The van der Waals surface area contributed by atoms with Crippen LogP contribution in [0.25, 0.3) is 0 Å². The lowest BCUT2D eigenvalue weighted by Gasteiger charge is -2.15. The van der Waals surface area contributed by atoms with E-state index in [1.165, 1.54) is 0 Å². The van der Waals surface area contributed by atoms with Gasteiger partial charge in [0.1, 0.15) is 0 Å². The first kappa shape index (κ1) is 20.9. The topological polar surface area (TPSA) is 70.2 Å². The molecule has 0 fully saturated rings. The Labute approximate surface area is 184 Å². The molecule has 148 valence electrons. The van der Waals surface area contributed by atoms with Gasteiger partial charge in [-0.25, -0.2) is 0 Å². The second-order valence-corrected chi connectivity index (χ2v) is 7.84. The predicted molar refractivity (Wildman–Crippen MR) is 125 cm³/mol. The van der Waals surface area contributed by atoms with Gasteiger partial charge in [0.25, 0.3) is 5.91 Å². The van der Waals surface area contributed by atoms with Crippen molar-refractivity contribution in [3.8, 4) is 0 Å². The molecular weight excluding hydrogens is 477 g/mol. The third-order valence-corrected chi connectivity index (χ3v) is 5.07. The molecule has 0 aliphatic heterocycles. The summed E-state index contributed by atoms with van der Waals surface area (Å²) in [5, 5.41) is 8.89. The van der Waals surface area contributed by atoms with E-state index in [-0.39, 0.29) is 24.4 Å². The maximum atomic E-state index is 12.6. The first-order chi connectivity index (χ1) is 14.0. The van der Waals surface area contributed by atoms with Crippen LogP contribution in [0.15, 0.2) is 78.9 Å². The summed E-state index contributed by atoms with van der Waals surface area (Å²) in [7, 11) is 0. The predicted octanol–water partition coefficient (Wildman–Crippen LogP) is 4.83. The highest BCUT2D eigenvalue weighted by Gasteiger charge is 2.12. The molecule has 3 N–H and O–H groups in total. The third-order valence-electron chi connectivity index (χ3n) is 4.35. The van der Waals surface area contributed by atoms with E-state index in [4.69, 9.17) is 0 Å². The van der Waals surface area contributed by atoms with Crippen molar-refractivity contribution in [2.45, 2.75) is 13.0 Å². The number of hydrogen-bond donors (Lipinski definition) is 3. The van der Waals surface area contributed by atoms with E-state index in [0.29, 0.717) is 11.3 Å². The average Bonchev–Trinajstić information content (AvgIpc) is 2.74. The van der Waals surface area contributed by atoms with E-state index >= 15 is 0 Å². The molecule has 1 unspecified atom stereocenters. The molecule has 3 aromatic rings. The monoisotopic (exact) mass is 499 g/mol. The molecule has 0 aromatic heterocycles. The summed E-state index contributed by atoms with van der Waals surface area (Å²) >= 11 is 2.22. The number of hydrogen-bond acceptors (Lipinski definition) is 3. The maximum absolute atomic E-state index is 12.6. The fourth-order valence-corrected chi connectivity index (χ4v) is 3.16. The molecule has 0 saturated heterocycles. The number of amides is 2. The molecule has 0 heterocycles. The molecule has 3 rings (SSSR count). The van der Waals surface area contributed by atoms with Gasteiger partial charge in [-0.1, -0.05) is 36.4 Å². The van der Waals surface area contributed by atoms with Gasteiger partial charge in [0.15, 0.2) is 0 Å². The lowest BCUT2D eigenvalue weighted by atomic mass is 10.1. The quantitative estimate of drug-likeness (QED) is 0.408. The summed E-state index contributed by atoms with van der Waals surface area (Å²) in [6.07, 6.45) is 0. The zero-order chi connectivity index (χ0) is 20.6. The summed E-state index contributed by atoms with van der Waals surface area (Å²) < 4.78 is 1.11. The van der Waals surface area contributed by atoms with Gasteiger partial charge >= 0.3 is 0 Å². The van der Waals surface area contributed by atoms with Crippen LogP contribution in [0.4, 0.5) is 11.4 Å². The standard InChI is InChI=1S/C23H22IN3O2/c1-16(17-6-3-2-4-7-17)26-23(29)18-8-5-9-21(14-18)25-15-22(28)27-20-12-10-19(24)11-13-20/h2-14,16,25H,15H2,1H3,(H,26,29)(H,27,28). The van der Waals surface area contributed by atoms with Crippen LogP contribution in [-0.4, -0.2) is 18.4 Å². The molecule has 0 spiro atoms. The van der Waals surface area contributed by atoms with Crippen molar-refractivity contribution in [3.63, 3.8) is 0 Å². The van der Waals surface area contributed by atoms with E-state index in [9.17, 15) is 9.59 Å². The summed E-state index contributed by atoms with van der Waals surface area (Å²) in [5.41, 5.74) is 3.04. The molecule has 0 bridgehead atoms. The Morgan fingerprint density at radius 1 is 0.897 bits per heavy atom. The number of benzene rings is 3. The Bertz CT molecular complexity index is 975. The van der Waals surface area contributed by atoms with Crippen LogP contribution >= 0.6 is 22.6 Å². The smallest absolute Gasteiger partial charge is 0.251 e. The normalized spacial score (nSPS) is 11.4. The Morgan fingerprint density at radius 2 is 1.62 bits per heavy atom. The van der Waals surface area contributed by atoms with Crippen LogP contribution in [0.2, 0.25) is 0 Å². The van der Waals surface area contributed by atoms with Crippen LogP contribution in [0.3, 0.4) is 0 Å². The van der Waals surface area contributed by atoms with Crippen LogP contribution in [0.5, 0.6) is 0 Å². The molecule has 0 saturated carbocycles. The zero-order valence-electron chi connectivity index (χ0n) is 16.0. The number of nitrogens with one attached hydrogen (secondary N) is 3. The van der Waals surface area contributed by atoms with Crippen LogP contribution < -0.4 is 16.0 Å². The van der Waals surface area contributed by atoms with E-state index < -0.39 is 0 Å². The van der Waals surface area contributed by atoms with E-state index in [2.05, 4.69) is 38.5 Å². The fraction of sp³-hybridized carbons (Fsp3) is 0.130. The fourth-order valence-electron chi connectivity index (χ4n) is 2.80. The van der Waals surface area contributed by atoms with Gasteiger partial charge in [0.2, 0.25) is 5.91 Å². The van der Waals surface area contributed by atoms with Crippen molar-refractivity contribution in [3.05, 3.63) is 93.6 Å². The third kappa shape index (κ3) is 6.32. The Kier molecular flexibility index (Phi) is 7.24. The van der Waals surface area contributed by atoms with E-state index in [1.54, 1.807) is 18.2 Å². The summed E-state index contributed by atoms with van der Waals surface area (Å²) in [5.74, 6) is -0.313. The number of carbonyl (C=O) groups is 2. The first-order valence-corrected chi connectivity index (χ1v) is 10.3. The minimum absolute atomic E-state index is 0.0972. The molecule has 0 aliphatic rings. The van der Waals surface area contributed by atoms with Gasteiger partial charge in [0.05, 0.1) is 12.6 Å². The Hall–Kier alpha value is -2.87. The highest BCUT2D eigenvalue weighted by atomic mass is 127. The number of rotatable bonds is 7. The van der Waals surface area contributed by atoms with E-state index in [1.807, 2.05) is 67.6 Å². The lowest BCUT2D eigenvalue weighted by Crippen LogP contribution is -2.26. The molecule has 3 aromatic carbocycles. The van der Waals surface area contributed by atoms with Crippen molar-refractivity contribution in [1.29, 1.82) is 0 Å². The molecular formula is C23H22IN3O2. The SMILES string of the molecule is CC(NC(=O)c1cccc(NCC(=O)Nc2ccc(I)cc2)c1)c1ccccc1. The molecule has 2 amide bonds. The van der Waals surface area contributed by atoms with Crippen molar-refractivity contribution in [2.24, 2.45) is 0 Å². The summed E-state index contributed by atoms with van der Waals surface area (Å²) in [6, 6.07) is 24.4. The summed E-state index contributed by atoms with van der Waals surface area (Å²) in [6.45, 7) is 2.06. The van der Waals surface area contributed by atoms with Crippen molar-refractivity contribution < 1.29 is 9.59 Å². The first-order valence-electron chi connectivity index (χ1n) is 9.26. The van der Waals surface area contributed by atoms with Gasteiger partial charge in [-0.2, -0.15) is 0 Å². The van der Waals surface area contributed by atoms with Gasteiger partial charge in [-0.15, -0.1) is 0 Å². The lowest BCUT2D eigenvalue weighted by molar-refractivity contribution is -0.114. The zero-order valence-corrected chi connectivity index (χ0v) is 18.1. The minimum atomic E-state index is -0.159. The van der Waals surface area contributed by atoms with Gasteiger partial charge in [-0.05, 0) is 77.5 Å². The molecule has 5 nitrogen and oxygen atoms in total. The number of carbonyl (C=O) groups excluding carboxylic acids is 2. The van der Waals surface area contributed by atoms with Crippen LogP contribution in [0, 0.1) is 3.57 Å². The second-order valence-electron chi connectivity index (χ2n) is 6.60. The minimum Gasteiger partial charge on any atom is -0.376 e. The van der Waals surface area contributed by atoms with E-state index in [0.717, 1.165) is 14.8 Å². The summed E-state index contributed by atoms with van der Waals surface area (Å²) in [4.78, 5) is 24.7. The highest BCUT2D eigenvalue weighted by molar-refractivity contribution is 14.1. The maximum Gasteiger partial charge on any atom is 0.251 e. The molecule has 29 heavy (non-hydrogen) atoms. The molecule has 6 heteroatoms. The second kappa shape index (κ2) is 10.1. The largest absolute Gasteiger partial charge is 0.376 e. The van der Waals surface area contributed by atoms with Crippen LogP contribution in [-0.2, 0) is 4.79 Å². The average molecular weight is 499 g/mol. The van der Waals surface area contributed by atoms with Crippen molar-refractivity contribution in [2.75, 3.05) is 17.2 Å².